The maximum absolute atomic E-state index is 12.6. The van der Waals surface area contributed by atoms with Crippen molar-refractivity contribution in [3.8, 4) is 22.5 Å². The van der Waals surface area contributed by atoms with E-state index in [4.69, 9.17) is 19.4 Å². The molecule has 4 heterocycles. The molecule has 2 saturated heterocycles. The second-order valence-corrected chi connectivity index (χ2v) is 20.9. The molecule has 4 aromatic carbocycles. The Morgan fingerprint density at radius 3 is 1.24 bits per heavy atom. The number of rotatable bonds is 16. The molecule has 14 nitrogen and oxygen atoms in total. The van der Waals surface area contributed by atoms with Gasteiger partial charge in [0, 0.05) is 87.3 Å². The number of anilines is 2. The standard InChI is InChI=1S/C50H56N6O8S2/c1-3-33-65(59,60)41-17-13-37(14-18-41)45-35-39-9-5-7-11-43(39)47(51-45)55-25-21-53(22-26-55)29-31-63-49(57)50(58)64-32-30-54-23-27-56(28-24-54)48-44-12-8-6-10-40(44)36-46(52-48)38-15-19-42(20-16-38)66(61,62)34-4-2/h5-20,35-36H,3-4,21-34H2,1-2H3. The zero-order chi connectivity index (χ0) is 46.3. The summed E-state index contributed by atoms with van der Waals surface area (Å²) in [6, 6.07) is 34.2. The molecule has 0 unspecified atom stereocenters. The number of pyridine rings is 2. The molecule has 66 heavy (non-hydrogen) atoms. The quantitative estimate of drug-likeness (QED) is 0.0763. The van der Waals surface area contributed by atoms with E-state index in [1.807, 2.05) is 74.5 Å². The number of benzene rings is 4. The third-order valence-electron chi connectivity index (χ3n) is 12.2. The molecule has 0 N–H and O–H groups in total. The summed E-state index contributed by atoms with van der Waals surface area (Å²) in [6.45, 7) is 10.4. The third-order valence-corrected chi connectivity index (χ3v) is 16.1. The summed E-state index contributed by atoms with van der Waals surface area (Å²) in [5.74, 6) is -0.0602. The van der Waals surface area contributed by atoms with Gasteiger partial charge in [0.05, 0.1) is 32.7 Å². The zero-order valence-corrected chi connectivity index (χ0v) is 39.1. The molecule has 2 aromatic heterocycles. The van der Waals surface area contributed by atoms with Gasteiger partial charge in [-0.05, 0) is 60.0 Å². The summed E-state index contributed by atoms with van der Waals surface area (Å²) in [5, 5.41) is 4.14. The lowest BCUT2D eigenvalue weighted by molar-refractivity contribution is -0.168. The fraction of sp³-hybridized carbons (Fsp3) is 0.360. The summed E-state index contributed by atoms with van der Waals surface area (Å²) >= 11 is 0. The van der Waals surface area contributed by atoms with Crippen molar-refractivity contribution in [2.75, 3.05) is 100.0 Å². The highest BCUT2D eigenvalue weighted by Crippen LogP contribution is 2.33. The van der Waals surface area contributed by atoms with Crippen LogP contribution in [0, 0.1) is 0 Å². The van der Waals surface area contributed by atoms with E-state index >= 15 is 0 Å². The molecule has 6 aromatic rings. The highest BCUT2D eigenvalue weighted by Gasteiger charge is 2.25. The predicted molar refractivity (Wildman–Crippen MR) is 258 cm³/mol. The predicted octanol–water partition coefficient (Wildman–Crippen LogP) is 6.52. The lowest BCUT2D eigenvalue weighted by Gasteiger charge is -2.36. The highest BCUT2D eigenvalue weighted by atomic mass is 32.2. The molecular formula is C50H56N6O8S2. The summed E-state index contributed by atoms with van der Waals surface area (Å²) < 4.78 is 61.1. The molecule has 8 rings (SSSR count). The van der Waals surface area contributed by atoms with Crippen LogP contribution >= 0.6 is 0 Å². The maximum atomic E-state index is 12.6. The summed E-state index contributed by atoms with van der Waals surface area (Å²) in [7, 11) is -6.64. The Bertz CT molecular complexity index is 2700. The average Bonchev–Trinajstić information content (AvgIpc) is 3.33. The maximum Gasteiger partial charge on any atom is 0.417 e. The summed E-state index contributed by atoms with van der Waals surface area (Å²) in [4.78, 5) is 44.8. The number of hydrogen-bond donors (Lipinski definition) is 0. The second-order valence-electron chi connectivity index (χ2n) is 16.7. The van der Waals surface area contributed by atoms with Crippen molar-refractivity contribution >= 4 is 64.8 Å². The van der Waals surface area contributed by atoms with Gasteiger partial charge in [-0.1, -0.05) is 86.6 Å². The Hall–Kier alpha value is -5.94. The number of carbonyl (C=O) groups excluding carboxylic acids is 2. The Kier molecular flexibility index (Phi) is 14.6. The van der Waals surface area contributed by atoms with Crippen LogP contribution in [0.3, 0.4) is 0 Å². The van der Waals surface area contributed by atoms with Gasteiger partial charge in [0.25, 0.3) is 0 Å². The first-order valence-corrected chi connectivity index (χ1v) is 26.0. The van der Waals surface area contributed by atoms with Crippen LogP contribution in [0.25, 0.3) is 44.1 Å². The number of piperazine rings is 2. The van der Waals surface area contributed by atoms with Crippen LogP contribution in [0.4, 0.5) is 11.6 Å². The van der Waals surface area contributed by atoms with Crippen LogP contribution in [-0.2, 0) is 38.7 Å². The molecule has 0 atom stereocenters. The van der Waals surface area contributed by atoms with E-state index in [1.165, 1.54) is 0 Å². The normalized spacial score (nSPS) is 15.3. The number of carbonyl (C=O) groups is 2. The molecule has 0 bridgehead atoms. The van der Waals surface area contributed by atoms with E-state index in [-0.39, 0.29) is 24.7 Å². The van der Waals surface area contributed by atoms with E-state index in [2.05, 4.69) is 43.9 Å². The van der Waals surface area contributed by atoms with E-state index in [0.717, 1.165) is 55.7 Å². The van der Waals surface area contributed by atoms with Gasteiger partial charge in [0.1, 0.15) is 24.8 Å². The van der Waals surface area contributed by atoms with Crippen LogP contribution in [0.2, 0.25) is 0 Å². The van der Waals surface area contributed by atoms with Crippen molar-refractivity contribution in [2.45, 2.75) is 36.5 Å². The van der Waals surface area contributed by atoms with Gasteiger partial charge in [-0.25, -0.2) is 36.4 Å². The van der Waals surface area contributed by atoms with Crippen LogP contribution in [0.1, 0.15) is 26.7 Å². The molecule has 0 aliphatic carbocycles. The number of aromatic nitrogens is 2. The third kappa shape index (κ3) is 10.8. The van der Waals surface area contributed by atoms with E-state index in [0.29, 0.717) is 88.1 Å². The molecule has 0 saturated carbocycles. The van der Waals surface area contributed by atoms with E-state index in [1.54, 1.807) is 24.3 Å². The van der Waals surface area contributed by atoms with Gasteiger partial charge >= 0.3 is 11.9 Å². The number of sulfone groups is 2. The molecule has 0 spiro atoms. The van der Waals surface area contributed by atoms with Gasteiger partial charge in [-0.15, -0.1) is 0 Å². The lowest BCUT2D eigenvalue weighted by atomic mass is 10.1. The van der Waals surface area contributed by atoms with Crippen molar-refractivity contribution < 1.29 is 35.9 Å². The zero-order valence-electron chi connectivity index (χ0n) is 37.5. The van der Waals surface area contributed by atoms with Crippen molar-refractivity contribution in [3.05, 3.63) is 109 Å². The van der Waals surface area contributed by atoms with Gasteiger partial charge in [0.2, 0.25) is 0 Å². The minimum atomic E-state index is -3.32. The summed E-state index contributed by atoms with van der Waals surface area (Å²) in [5.41, 5.74) is 3.21. The smallest absolute Gasteiger partial charge is 0.417 e. The number of esters is 2. The molecular weight excluding hydrogens is 877 g/mol. The van der Waals surface area contributed by atoms with Crippen molar-refractivity contribution in [2.24, 2.45) is 0 Å². The second kappa shape index (κ2) is 20.7. The molecule has 16 heteroatoms. The number of ether oxygens (including phenoxy) is 2. The minimum absolute atomic E-state index is 0.0621. The van der Waals surface area contributed by atoms with Gasteiger partial charge in [0.15, 0.2) is 19.7 Å². The van der Waals surface area contributed by atoms with Gasteiger partial charge in [-0.3, -0.25) is 9.80 Å². The van der Waals surface area contributed by atoms with Crippen molar-refractivity contribution in [3.63, 3.8) is 0 Å². The molecule has 0 radical (unpaired) electrons. The van der Waals surface area contributed by atoms with Gasteiger partial charge in [-0.2, -0.15) is 0 Å². The van der Waals surface area contributed by atoms with Gasteiger partial charge < -0.3 is 19.3 Å². The first kappa shape index (κ1) is 46.6. The number of fused-ring (bicyclic) bond motifs is 2. The topological polar surface area (TPSA) is 160 Å². The fourth-order valence-corrected chi connectivity index (χ4v) is 11.2. The molecule has 2 aliphatic heterocycles. The molecule has 346 valence electrons. The number of nitrogens with zero attached hydrogens (tertiary/aromatic N) is 6. The van der Waals surface area contributed by atoms with Crippen LogP contribution in [-0.4, -0.2) is 139 Å². The Labute approximate surface area is 387 Å². The molecule has 0 amide bonds. The molecule has 2 fully saturated rings. The van der Waals surface area contributed by atoms with Crippen molar-refractivity contribution in [1.82, 2.24) is 19.8 Å². The number of hydrogen-bond acceptors (Lipinski definition) is 14. The largest absolute Gasteiger partial charge is 0.456 e. The summed E-state index contributed by atoms with van der Waals surface area (Å²) in [6.07, 6.45) is 1.12. The van der Waals surface area contributed by atoms with Crippen LogP contribution < -0.4 is 9.80 Å². The van der Waals surface area contributed by atoms with Crippen LogP contribution in [0.15, 0.2) is 119 Å². The Morgan fingerprint density at radius 1 is 0.515 bits per heavy atom. The minimum Gasteiger partial charge on any atom is -0.456 e. The molecule has 2 aliphatic rings. The first-order chi connectivity index (χ1) is 31.9. The SMILES string of the molecule is CCCS(=O)(=O)c1ccc(-c2cc3ccccc3c(N3CCN(CCOC(=O)C(=O)OCCN4CCN(c5nc(-c6ccc(S(=O)(=O)CCC)cc6)cc6ccccc56)CC4)CC3)n2)cc1. The monoisotopic (exact) mass is 932 g/mol. The van der Waals surface area contributed by atoms with Crippen LogP contribution in [0.5, 0.6) is 0 Å². The average molecular weight is 933 g/mol. The van der Waals surface area contributed by atoms with Crippen molar-refractivity contribution in [1.29, 1.82) is 0 Å². The highest BCUT2D eigenvalue weighted by molar-refractivity contribution is 7.91. The van der Waals surface area contributed by atoms with E-state index < -0.39 is 31.6 Å². The van der Waals surface area contributed by atoms with E-state index in [9.17, 15) is 26.4 Å². The lowest BCUT2D eigenvalue weighted by Crippen LogP contribution is -2.48. The Morgan fingerprint density at radius 2 is 0.879 bits per heavy atom. The Balaban J connectivity index is 0.781. The fourth-order valence-electron chi connectivity index (χ4n) is 8.60. The first-order valence-electron chi connectivity index (χ1n) is 22.7.